The number of ether oxygens (including phenoxy) is 1. The second kappa shape index (κ2) is 9.58. The quantitative estimate of drug-likeness (QED) is 0.433. The van der Waals surface area contributed by atoms with Crippen molar-refractivity contribution in [2.75, 3.05) is 50.2 Å². The fourth-order valence-corrected chi connectivity index (χ4v) is 4.52. The molecule has 3 aromatic heterocycles. The number of fused-ring (bicyclic) bond motifs is 1. The van der Waals surface area contributed by atoms with Crippen molar-refractivity contribution in [1.82, 2.24) is 19.7 Å². The van der Waals surface area contributed by atoms with Crippen molar-refractivity contribution >= 4 is 28.5 Å². The van der Waals surface area contributed by atoms with Crippen molar-refractivity contribution in [3.8, 4) is 16.8 Å². The number of carboxylic acids is 1. The Morgan fingerprint density at radius 3 is 2.47 bits per heavy atom. The van der Waals surface area contributed by atoms with Gasteiger partial charge in [0.15, 0.2) is 11.3 Å². The zero-order valence-electron chi connectivity index (χ0n) is 21.0. The molecule has 0 atom stereocenters. The predicted octanol–water partition coefficient (Wildman–Crippen LogP) is 4.21. The molecule has 4 aromatic rings. The molecule has 1 saturated heterocycles. The SMILES string of the molecule is CC(C)c1nn(-c2cccc(N3CCOCC3)c2)c2nc(C(=O)O)cc(-c3ccc(N(C)C)nc3)c12. The van der Waals surface area contributed by atoms with E-state index in [9.17, 15) is 9.90 Å². The lowest BCUT2D eigenvalue weighted by molar-refractivity contribution is 0.0691. The largest absolute Gasteiger partial charge is 0.477 e. The molecule has 0 spiro atoms. The van der Waals surface area contributed by atoms with Gasteiger partial charge in [-0.1, -0.05) is 19.9 Å². The third-order valence-electron chi connectivity index (χ3n) is 6.40. The minimum absolute atomic E-state index is 0.0324. The lowest BCUT2D eigenvalue weighted by Gasteiger charge is -2.29. The van der Waals surface area contributed by atoms with Crippen molar-refractivity contribution in [2.45, 2.75) is 19.8 Å². The molecule has 0 unspecified atom stereocenters. The molecule has 5 rings (SSSR count). The van der Waals surface area contributed by atoms with Gasteiger partial charge < -0.3 is 19.6 Å². The highest BCUT2D eigenvalue weighted by Crippen LogP contribution is 2.36. The number of anilines is 2. The van der Waals surface area contributed by atoms with Crippen molar-refractivity contribution in [1.29, 1.82) is 0 Å². The van der Waals surface area contributed by atoms with Crippen LogP contribution in [0.15, 0.2) is 48.7 Å². The minimum Gasteiger partial charge on any atom is -0.477 e. The molecule has 0 saturated carbocycles. The first kappa shape index (κ1) is 23.7. The monoisotopic (exact) mass is 486 g/mol. The van der Waals surface area contributed by atoms with Crippen molar-refractivity contribution < 1.29 is 14.6 Å². The lowest BCUT2D eigenvalue weighted by Crippen LogP contribution is -2.36. The molecule has 36 heavy (non-hydrogen) atoms. The maximum atomic E-state index is 12.1. The van der Waals surface area contributed by atoms with Crippen LogP contribution in [0.4, 0.5) is 11.5 Å². The van der Waals surface area contributed by atoms with Gasteiger partial charge in [-0.2, -0.15) is 5.10 Å². The average molecular weight is 487 g/mol. The second-order valence-electron chi connectivity index (χ2n) is 9.43. The Morgan fingerprint density at radius 1 is 1.08 bits per heavy atom. The van der Waals surface area contributed by atoms with E-state index in [1.165, 1.54) is 0 Å². The third-order valence-corrected chi connectivity index (χ3v) is 6.40. The zero-order chi connectivity index (χ0) is 25.4. The Morgan fingerprint density at radius 2 is 1.83 bits per heavy atom. The highest BCUT2D eigenvalue weighted by Gasteiger charge is 2.23. The molecule has 0 amide bonds. The minimum atomic E-state index is -1.09. The van der Waals surface area contributed by atoms with Crippen LogP contribution in [0.2, 0.25) is 0 Å². The summed E-state index contributed by atoms with van der Waals surface area (Å²) in [7, 11) is 3.86. The van der Waals surface area contributed by atoms with Gasteiger partial charge >= 0.3 is 5.97 Å². The number of aromatic nitrogens is 4. The van der Waals surface area contributed by atoms with E-state index in [1.54, 1.807) is 16.9 Å². The Labute approximate surface area is 210 Å². The summed E-state index contributed by atoms with van der Waals surface area (Å²) in [5.74, 6) is -0.166. The number of carbonyl (C=O) groups is 1. The van der Waals surface area contributed by atoms with E-state index in [0.717, 1.165) is 52.5 Å². The first-order chi connectivity index (χ1) is 17.3. The Hall–Kier alpha value is -3.98. The van der Waals surface area contributed by atoms with Gasteiger partial charge in [0.25, 0.3) is 0 Å². The number of morpholine rings is 1. The van der Waals surface area contributed by atoms with Crippen molar-refractivity contribution in [3.05, 3.63) is 60.0 Å². The molecule has 0 radical (unpaired) electrons. The maximum absolute atomic E-state index is 12.1. The van der Waals surface area contributed by atoms with Gasteiger partial charge in [-0.05, 0) is 47.9 Å². The molecule has 4 heterocycles. The summed E-state index contributed by atoms with van der Waals surface area (Å²) >= 11 is 0. The fourth-order valence-electron chi connectivity index (χ4n) is 4.52. The summed E-state index contributed by atoms with van der Waals surface area (Å²) in [5.41, 5.74) is 4.83. The van der Waals surface area contributed by atoms with Crippen LogP contribution in [0.25, 0.3) is 27.8 Å². The fraction of sp³-hybridized carbons (Fsp3) is 0.333. The number of hydrogen-bond donors (Lipinski definition) is 1. The van der Waals surface area contributed by atoms with Crippen LogP contribution in [0, 0.1) is 0 Å². The Kier molecular flexibility index (Phi) is 6.32. The molecule has 1 aliphatic heterocycles. The van der Waals surface area contributed by atoms with Gasteiger partial charge in [0.05, 0.1) is 30.0 Å². The number of pyridine rings is 2. The van der Waals surface area contributed by atoms with Gasteiger partial charge in [-0.15, -0.1) is 0 Å². The number of hydrogen-bond acceptors (Lipinski definition) is 7. The van der Waals surface area contributed by atoms with Crippen molar-refractivity contribution in [3.63, 3.8) is 0 Å². The highest BCUT2D eigenvalue weighted by atomic mass is 16.5. The van der Waals surface area contributed by atoms with Crippen LogP contribution < -0.4 is 9.80 Å². The molecule has 1 N–H and O–H groups in total. The number of aromatic carboxylic acids is 1. The maximum Gasteiger partial charge on any atom is 0.354 e. The first-order valence-corrected chi connectivity index (χ1v) is 12.1. The van der Waals surface area contributed by atoms with Gasteiger partial charge in [0.2, 0.25) is 0 Å². The third kappa shape index (κ3) is 4.37. The molecule has 0 bridgehead atoms. The second-order valence-corrected chi connectivity index (χ2v) is 9.43. The van der Waals surface area contributed by atoms with E-state index < -0.39 is 5.97 Å². The number of benzene rings is 1. The van der Waals surface area contributed by atoms with Crippen LogP contribution in [-0.2, 0) is 4.74 Å². The standard InChI is InChI=1S/C27H30N6O3/c1-17(2)25-24-21(18-8-9-23(28-16-18)31(3)4)15-22(27(34)35)29-26(24)33(30-25)20-7-5-6-19(14-20)32-10-12-36-13-11-32/h5-9,14-17H,10-13H2,1-4H3,(H,34,35). The Bertz CT molecular complexity index is 1410. The van der Waals surface area contributed by atoms with Gasteiger partial charge in [0, 0.05) is 44.6 Å². The predicted molar refractivity (Wildman–Crippen MR) is 141 cm³/mol. The van der Waals surface area contributed by atoms with E-state index in [-0.39, 0.29) is 11.6 Å². The summed E-state index contributed by atoms with van der Waals surface area (Å²) in [4.78, 5) is 25.4. The van der Waals surface area contributed by atoms with Crippen LogP contribution in [0.3, 0.4) is 0 Å². The number of nitrogens with zero attached hydrogens (tertiary/aromatic N) is 6. The van der Waals surface area contributed by atoms with E-state index >= 15 is 0 Å². The van der Waals surface area contributed by atoms with Crippen LogP contribution in [0.1, 0.15) is 35.9 Å². The smallest absolute Gasteiger partial charge is 0.354 e. The van der Waals surface area contributed by atoms with E-state index in [4.69, 9.17) is 9.84 Å². The highest BCUT2D eigenvalue weighted by molar-refractivity contribution is 6.00. The van der Waals surface area contributed by atoms with E-state index in [2.05, 4.69) is 40.8 Å². The number of carboxylic acid groups (broad SMARTS) is 1. The van der Waals surface area contributed by atoms with Crippen molar-refractivity contribution in [2.24, 2.45) is 0 Å². The van der Waals surface area contributed by atoms with E-state index in [1.807, 2.05) is 43.3 Å². The number of rotatable bonds is 6. The molecule has 9 nitrogen and oxygen atoms in total. The summed E-state index contributed by atoms with van der Waals surface area (Å²) in [6.45, 7) is 7.20. The van der Waals surface area contributed by atoms with Crippen LogP contribution in [0.5, 0.6) is 0 Å². The average Bonchev–Trinajstić information content (AvgIpc) is 3.29. The molecule has 1 fully saturated rings. The summed E-state index contributed by atoms with van der Waals surface area (Å²) in [5, 5.41) is 15.7. The van der Waals surface area contributed by atoms with Crippen LogP contribution >= 0.6 is 0 Å². The van der Waals surface area contributed by atoms with Gasteiger partial charge in [-0.3, -0.25) is 0 Å². The van der Waals surface area contributed by atoms with Gasteiger partial charge in [-0.25, -0.2) is 19.4 Å². The molecule has 186 valence electrons. The Balaban J connectivity index is 1.73. The molecule has 0 aliphatic carbocycles. The molecular formula is C27H30N6O3. The van der Waals surface area contributed by atoms with Gasteiger partial charge in [0.1, 0.15) is 5.82 Å². The lowest BCUT2D eigenvalue weighted by atomic mass is 9.98. The molecule has 9 heteroatoms. The first-order valence-electron chi connectivity index (χ1n) is 12.1. The van der Waals surface area contributed by atoms with E-state index in [0.29, 0.717) is 18.9 Å². The summed E-state index contributed by atoms with van der Waals surface area (Å²) in [6.07, 6.45) is 1.77. The summed E-state index contributed by atoms with van der Waals surface area (Å²) in [6, 6.07) is 13.6. The zero-order valence-corrected chi connectivity index (χ0v) is 21.0. The normalized spacial score (nSPS) is 14.0. The topological polar surface area (TPSA) is 96.6 Å². The molecule has 1 aromatic carbocycles. The summed E-state index contributed by atoms with van der Waals surface area (Å²) < 4.78 is 7.27. The van der Waals surface area contributed by atoms with Crippen LogP contribution in [-0.4, -0.2) is 71.2 Å². The molecule has 1 aliphatic rings. The molecular weight excluding hydrogens is 456 g/mol.